The summed E-state index contributed by atoms with van der Waals surface area (Å²) < 4.78 is 0. The number of aliphatic imine (C=N–C) groups is 1. The number of rotatable bonds is 6. The van der Waals surface area contributed by atoms with Gasteiger partial charge in [0.25, 0.3) is 0 Å². The number of benzene rings is 3. The highest BCUT2D eigenvalue weighted by Crippen LogP contribution is 2.50. The molecule has 3 aromatic carbocycles. The zero-order chi connectivity index (χ0) is 23.5. The number of hydrogen-bond donors (Lipinski definition) is 1. The van der Waals surface area contributed by atoms with Crippen LogP contribution in [0.1, 0.15) is 68.9 Å². The van der Waals surface area contributed by atoms with Crippen molar-refractivity contribution < 1.29 is 5.11 Å². The van der Waals surface area contributed by atoms with Crippen LogP contribution in [0.3, 0.4) is 0 Å². The third kappa shape index (κ3) is 5.48. The first kappa shape index (κ1) is 24.2. The Balaban J connectivity index is 2.06. The van der Waals surface area contributed by atoms with Gasteiger partial charge in [-0.25, -0.2) is 0 Å². The Morgan fingerprint density at radius 3 is 2.16 bits per heavy atom. The van der Waals surface area contributed by atoms with Crippen LogP contribution in [-0.4, -0.2) is 11.3 Å². The predicted molar refractivity (Wildman–Crippen MR) is 142 cm³/mol. The summed E-state index contributed by atoms with van der Waals surface area (Å²) in [5.74, 6) is 0.451. The summed E-state index contributed by atoms with van der Waals surface area (Å²) >= 11 is 0. The lowest BCUT2D eigenvalue weighted by atomic mass is 9.82. The molecule has 0 saturated heterocycles. The Morgan fingerprint density at radius 1 is 0.875 bits per heavy atom. The van der Waals surface area contributed by atoms with Gasteiger partial charge < -0.3 is 5.11 Å². The van der Waals surface area contributed by atoms with E-state index in [0.717, 1.165) is 28.8 Å². The van der Waals surface area contributed by atoms with E-state index in [2.05, 4.69) is 78.8 Å². The van der Waals surface area contributed by atoms with E-state index in [9.17, 15) is 5.11 Å². The van der Waals surface area contributed by atoms with Gasteiger partial charge in [-0.15, -0.1) is 0 Å². The van der Waals surface area contributed by atoms with E-state index >= 15 is 0 Å². The number of hydrogen-bond acceptors (Lipinski definition) is 2. The van der Waals surface area contributed by atoms with Crippen molar-refractivity contribution in [3.8, 4) is 5.75 Å². The molecule has 0 aliphatic rings. The van der Waals surface area contributed by atoms with Gasteiger partial charge in [0.05, 0.1) is 5.69 Å². The minimum atomic E-state index is -0.166. The number of aryl methyl sites for hydroxylation is 2. The SMILES string of the molecule is CCC(C)(Pc1ccc(C)cc1/C=N/c1ccccc1)c1cc(C)cc(C(C)(C)C)c1O. The maximum atomic E-state index is 11.3. The van der Waals surface area contributed by atoms with Crippen molar-refractivity contribution in [2.24, 2.45) is 4.99 Å². The van der Waals surface area contributed by atoms with Crippen molar-refractivity contribution in [3.05, 3.63) is 88.5 Å². The van der Waals surface area contributed by atoms with Crippen LogP contribution in [0.2, 0.25) is 0 Å². The number of para-hydroxylation sites is 1. The quantitative estimate of drug-likeness (QED) is 0.306. The van der Waals surface area contributed by atoms with Crippen molar-refractivity contribution in [2.75, 3.05) is 0 Å². The van der Waals surface area contributed by atoms with Crippen LogP contribution in [-0.2, 0) is 10.6 Å². The van der Waals surface area contributed by atoms with E-state index < -0.39 is 0 Å². The molecule has 0 saturated carbocycles. The minimum absolute atomic E-state index is 0.111. The molecule has 0 spiro atoms. The van der Waals surface area contributed by atoms with Crippen LogP contribution < -0.4 is 5.30 Å². The molecule has 0 aliphatic carbocycles. The fraction of sp³-hybridized carbons (Fsp3) is 0.345. The lowest BCUT2D eigenvalue weighted by molar-refractivity contribution is 0.430. The molecule has 0 aromatic heterocycles. The zero-order valence-electron chi connectivity index (χ0n) is 20.5. The van der Waals surface area contributed by atoms with Crippen molar-refractivity contribution in [1.82, 2.24) is 0 Å². The van der Waals surface area contributed by atoms with Crippen molar-refractivity contribution in [1.29, 1.82) is 0 Å². The molecule has 1 N–H and O–H groups in total. The van der Waals surface area contributed by atoms with Crippen molar-refractivity contribution in [2.45, 2.75) is 65.5 Å². The second kappa shape index (κ2) is 9.59. The summed E-state index contributed by atoms with van der Waals surface area (Å²) in [7, 11) is 0.510. The molecular weight excluding hydrogens is 409 g/mol. The first-order valence-corrected chi connectivity index (χ1v) is 12.4. The zero-order valence-corrected chi connectivity index (χ0v) is 21.5. The van der Waals surface area contributed by atoms with E-state index in [1.54, 1.807) is 0 Å². The van der Waals surface area contributed by atoms with Gasteiger partial charge in [0.15, 0.2) is 0 Å². The highest BCUT2D eigenvalue weighted by Gasteiger charge is 2.32. The Morgan fingerprint density at radius 2 is 1.53 bits per heavy atom. The summed E-state index contributed by atoms with van der Waals surface area (Å²) in [6, 6.07) is 21.0. The summed E-state index contributed by atoms with van der Waals surface area (Å²) in [5, 5.41) is 12.4. The molecule has 3 rings (SSSR count). The van der Waals surface area contributed by atoms with Gasteiger partial charge >= 0.3 is 0 Å². The second-order valence-corrected chi connectivity index (χ2v) is 11.8. The fourth-order valence-corrected chi connectivity index (χ4v) is 5.52. The van der Waals surface area contributed by atoms with Crippen molar-refractivity contribution >= 4 is 25.8 Å². The molecule has 3 heteroatoms. The number of aromatic hydroxyl groups is 1. The third-order valence-corrected chi connectivity index (χ3v) is 7.99. The summed E-state index contributed by atoms with van der Waals surface area (Å²) in [5.41, 5.74) is 6.48. The van der Waals surface area contributed by atoms with Gasteiger partial charge in [0.2, 0.25) is 0 Å². The standard InChI is InChI=1S/C29H36NOP/c1-8-29(7,25-18-21(3)17-24(27(25)31)28(4,5)6)32-26-15-14-20(2)16-22(26)19-30-23-12-10-9-11-13-23/h9-19,31-32H,8H2,1-7H3/b30-19+. The van der Waals surface area contributed by atoms with Crippen molar-refractivity contribution in [3.63, 3.8) is 0 Å². The molecule has 0 radical (unpaired) electrons. The van der Waals surface area contributed by atoms with Crippen LogP contribution in [0.15, 0.2) is 65.7 Å². The van der Waals surface area contributed by atoms with E-state index in [0.29, 0.717) is 14.3 Å². The molecule has 0 heterocycles. The monoisotopic (exact) mass is 445 g/mol. The molecule has 0 fully saturated rings. The van der Waals surface area contributed by atoms with E-state index in [4.69, 9.17) is 4.99 Å². The summed E-state index contributed by atoms with van der Waals surface area (Å²) in [4.78, 5) is 4.71. The van der Waals surface area contributed by atoms with Gasteiger partial charge in [-0.2, -0.15) is 0 Å². The van der Waals surface area contributed by atoms with E-state index in [-0.39, 0.29) is 10.6 Å². The Bertz CT molecular complexity index is 1110. The first-order chi connectivity index (χ1) is 15.0. The molecular formula is C29H36NOP. The highest BCUT2D eigenvalue weighted by molar-refractivity contribution is 7.48. The normalized spacial score (nSPS) is 14.3. The molecule has 2 nitrogen and oxygen atoms in total. The molecule has 32 heavy (non-hydrogen) atoms. The van der Waals surface area contributed by atoms with Gasteiger partial charge in [-0.3, -0.25) is 4.99 Å². The van der Waals surface area contributed by atoms with Gasteiger partial charge in [0, 0.05) is 22.5 Å². The minimum Gasteiger partial charge on any atom is -0.507 e. The maximum Gasteiger partial charge on any atom is 0.123 e. The average Bonchev–Trinajstić information content (AvgIpc) is 2.75. The van der Waals surface area contributed by atoms with Gasteiger partial charge in [0.1, 0.15) is 5.75 Å². The average molecular weight is 446 g/mol. The number of phenolic OH excluding ortho intramolecular Hbond substituents is 1. The van der Waals surface area contributed by atoms with Crippen LogP contribution in [0.5, 0.6) is 5.75 Å². The van der Waals surface area contributed by atoms with E-state index in [1.807, 2.05) is 36.5 Å². The molecule has 3 aromatic rings. The number of phenols is 1. The highest BCUT2D eigenvalue weighted by atomic mass is 31.1. The van der Waals surface area contributed by atoms with Gasteiger partial charge in [-0.05, 0) is 54.8 Å². The molecule has 168 valence electrons. The molecule has 0 aliphatic heterocycles. The molecule has 2 atom stereocenters. The Hall–Kier alpha value is -2.44. The first-order valence-electron chi connectivity index (χ1n) is 11.4. The Kier molecular flexibility index (Phi) is 7.25. The molecule has 2 unspecified atom stereocenters. The van der Waals surface area contributed by atoms with Gasteiger partial charge in [-0.1, -0.05) is 96.8 Å². The fourth-order valence-electron chi connectivity index (χ4n) is 3.98. The maximum absolute atomic E-state index is 11.3. The number of nitrogens with zero attached hydrogens (tertiary/aromatic N) is 1. The second-order valence-electron chi connectivity index (χ2n) is 9.95. The van der Waals surface area contributed by atoms with Crippen LogP contribution in [0.4, 0.5) is 5.69 Å². The van der Waals surface area contributed by atoms with Crippen LogP contribution in [0, 0.1) is 13.8 Å². The van der Waals surface area contributed by atoms with Crippen LogP contribution in [0.25, 0.3) is 0 Å². The topological polar surface area (TPSA) is 32.6 Å². The summed E-state index contributed by atoms with van der Waals surface area (Å²) in [6.45, 7) is 15.2. The molecule has 0 bridgehead atoms. The lowest BCUT2D eigenvalue weighted by Crippen LogP contribution is -2.22. The smallest absolute Gasteiger partial charge is 0.123 e. The Labute approximate surface area is 195 Å². The molecule has 0 amide bonds. The third-order valence-electron chi connectivity index (χ3n) is 6.09. The largest absolute Gasteiger partial charge is 0.507 e. The predicted octanol–water partition coefficient (Wildman–Crippen LogP) is 7.69. The van der Waals surface area contributed by atoms with E-state index in [1.165, 1.54) is 16.4 Å². The van der Waals surface area contributed by atoms with Crippen LogP contribution >= 0.6 is 8.58 Å². The summed E-state index contributed by atoms with van der Waals surface area (Å²) in [6.07, 6.45) is 2.92. The lowest BCUT2D eigenvalue weighted by Gasteiger charge is -2.33.